The summed E-state index contributed by atoms with van der Waals surface area (Å²) in [5, 5.41) is 0. The van der Waals surface area contributed by atoms with Crippen LogP contribution in [0.5, 0.6) is 0 Å². The van der Waals surface area contributed by atoms with Crippen molar-refractivity contribution in [2.45, 2.75) is 117 Å². The minimum atomic E-state index is 0.100. The number of ether oxygens (including phenoxy) is 1. The zero-order valence-electron chi connectivity index (χ0n) is 22.2. The van der Waals surface area contributed by atoms with Gasteiger partial charge in [0, 0.05) is 11.8 Å². The Labute approximate surface area is 207 Å². The van der Waals surface area contributed by atoms with E-state index in [2.05, 4.69) is 27.7 Å². The lowest BCUT2D eigenvalue weighted by Crippen LogP contribution is -2.54. The molecule has 4 fully saturated rings. The molecule has 0 aromatic carbocycles. The molecule has 0 radical (unpaired) electrons. The number of rotatable bonds is 5. The molecule has 4 saturated carbocycles. The largest absolute Gasteiger partial charge is 0.462 e. The lowest BCUT2D eigenvalue weighted by atomic mass is 9.47. The van der Waals surface area contributed by atoms with Crippen molar-refractivity contribution in [1.82, 2.24) is 0 Å². The summed E-state index contributed by atoms with van der Waals surface area (Å²) in [4.78, 5) is 25.4. The average molecular weight is 469 g/mol. The first-order valence-electron chi connectivity index (χ1n) is 14.8. The minimum Gasteiger partial charge on any atom is -0.462 e. The first-order valence-corrected chi connectivity index (χ1v) is 14.8. The number of hydrogen-bond acceptors (Lipinski definition) is 3. The molecule has 5 aliphatic carbocycles. The van der Waals surface area contributed by atoms with E-state index in [1.54, 1.807) is 0 Å². The summed E-state index contributed by atoms with van der Waals surface area (Å²) < 4.78 is 6.43. The number of ketones is 1. The molecule has 34 heavy (non-hydrogen) atoms. The van der Waals surface area contributed by atoms with E-state index in [1.165, 1.54) is 50.5 Å². The van der Waals surface area contributed by atoms with E-state index in [0.29, 0.717) is 41.3 Å². The van der Waals surface area contributed by atoms with Crippen LogP contribution in [0.4, 0.5) is 0 Å². The molecule has 3 heteroatoms. The molecule has 0 bridgehead atoms. The van der Waals surface area contributed by atoms with Crippen molar-refractivity contribution in [3.63, 3.8) is 0 Å². The smallest absolute Gasteiger partial charge is 0.309 e. The standard InChI is InChI=1S/C31H48O3/c1-5-6-7-21-8-10-22(11-9-21)30(33)34-27-15-14-26-29-19(2)16-23-17-24(32)12-13-25(23)28(29)20(3)18-31(26,27)4/h17,19-22,25-29H,5-16,18H2,1-4H3/t19-,20+,21?,22?,25?,26?,27+,28?,29?,31+/m1/s1. The Morgan fingerprint density at radius 3 is 2.53 bits per heavy atom. The lowest BCUT2D eigenvalue weighted by molar-refractivity contribution is -0.168. The molecule has 8 atom stereocenters. The molecule has 5 rings (SSSR count). The summed E-state index contributed by atoms with van der Waals surface area (Å²) in [7, 11) is 0. The summed E-state index contributed by atoms with van der Waals surface area (Å²) in [5.74, 6) is 5.36. The van der Waals surface area contributed by atoms with Gasteiger partial charge in [-0.1, -0.05) is 52.5 Å². The Bertz CT molecular complexity index is 805. The van der Waals surface area contributed by atoms with Gasteiger partial charge in [0.05, 0.1) is 5.92 Å². The van der Waals surface area contributed by atoms with Crippen LogP contribution >= 0.6 is 0 Å². The highest BCUT2D eigenvalue weighted by Gasteiger charge is 2.61. The molecule has 0 spiro atoms. The Kier molecular flexibility index (Phi) is 7.04. The number of esters is 1. The molecule has 0 aliphatic heterocycles. The Morgan fingerprint density at radius 1 is 1.03 bits per heavy atom. The van der Waals surface area contributed by atoms with Gasteiger partial charge >= 0.3 is 5.97 Å². The van der Waals surface area contributed by atoms with Crippen molar-refractivity contribution in [2.24, 2.45) is 52.8 Å². The topological polar surface area (TPSA) is 43.4 Å². The maximum absolute atomic E-state index is 13.3. The second-order valence-corrected chi connectivity index (χ2v) is 13.3. The fourth-order valence-corrected chi connectivity index (χ4v) is 9.70. The van der Waals surface area contributed by atoms with Crippen LogP contribution in [0.2, 0.25) is 0 Å². The number of allylic oxidation sites excluding steroid dienone is 1. The molecule has 0 aromatic heterocycles. The predicted octanol–water partition coefficient (Wildman–Crippen LogP) is 7.53. The van der Waals surface area contributed by atoms with Gasteiger partial charge < -0.3 is 4.74 Å². The summed E-state index contributed by atoms with van der Waals surface area (Å²) in [6, 6.07) is 0. The average Bonchev–Trinajstić information content (AvgIpc) is 3.12. The van der Waals surface area contributed by atoms with E-state index in [-0.39, 0.29) is 23.4 Å². The zero-order chi connectivity index (χ0) is 24.0. The van der Waals surface area contributed by atoms with E-state index >= 15 is 0 Å². The summed E-state index contributed by atoms with van der Waals surface area (Å²) in [6.07, 6.45) is 16.9. The van der Waals surface area contributed by atoms with Crippen LogP contribution < -0.4 is 0 Å². The van der Waals surface area contributed by atoms with Crippen molar-refractivity contribution < 1.29 is 14.3 Å². The highest BCUT2D eigenvalue weighted by atomic mass is 16.5. The Morgan fingerprint density at radius 2 is 1.79 bits per heavy atom. The summed E-state index contributed by atoms with van der Waals surface area (Å²) >= 11 is 0. The summed E-state index contributed by atoms with van der Waals surface area (Å²) in [6.45, 7) is 9.62. The zero-order valence-corrected chi connectivity index (χ0v) is 22.2. The lowest BCUT2D eigenvalue weighted by Gasteiger charge is -2.58. The van der Waals surface area contributed by atoms with Crippen LogP contribution in [-0.4, -0.2) is 17.9 Å². The monoisotopic (exact) mass is 468 g/mol. The van der Waals surface area contributed by atoms with Crippen LogP contribution in [0.15, 0.2) is 11.6 Å². The fourth-order valence-electron chi connectivity index (χ4n) is 9.70. The number of carbonyl (C=O) groups is 2. The van der Waals surface area contributed by atoms with Crippen LogP contribution in [0.25, 0.3) is 0 Å². The fraction of sp³-hybridized carbons (Fsp3) is 0.871. The van der Waals surface area contributed by atoms with Crippen molar-refractivity contribution in [1.29, 1.82) is 0 Å². The third-order valence-corrected chi connectivity index (χ3v) is 11.3. The van der Waals surface area contributed by atoms with Crippen LogP contribution in [0, 0.1) is 52.8 Å². The van der Waals surface area contributed by atoms with E-state index in [0.717, 1.165) is 44.4 Å². The number of hydrogen-bond donors (Lipinski definition) is 0. The Balaban J connectivity index is 1.26. The van der Waals surface area contributed by atoms with Gasteiger partial charge in [-0.05, 0) is 105 Å². The van der Waals surface area contributed by atoms with Crippen molar-refractivity contribution in [3.05, 3.63) is 11.6 Å². The van der Waals surface area contributed by atoms with Crippen molar-refractivity contribution in [2.75, 3.05) is 0 Å². The number of unbranched alkanes of at least 4 members (excludes halogenated alkanes) is 1. The molecule has 3 nitrogen and oxygen atoms in total. The molecule has 0 aromatic rings. The third-order valence-electron chi connectivity index (χ3n) is 11.3. The van der Waals surface area contributed by atoms with Gasteiger partial charge in [-0.2, -0.15) is 0 Å². The van der Waals surface area contributed by atoms with Gasteiger partial charge in [-0.3, -0.25) is 9.59 Å². The van der Waals surface area contributed by atoms with E-state index in [9.17, 15) is 9.59 Å². The normalized spacial score (nSPS) is 46.2. The predicted molar refractivity (Wildman–Crippen MR) is 136 cm³/mol. The van der Waals surface area contributed by atoms with Gasteiger partial charge in [0.15, 0.2) is 5.78 Å². The summed E-state index contributed by atoms with van der Waals surface area (Å²) in [5.41, 5.74) is 1.57. The number of carbonyl (C=O) groups excluding carboxylic acids is 2. The highest BCUT2D eigenvalue weighted by Crippen LogP contribution is 2.65. The molecule has 190 valence electrons. The quantitative estimate of drug-likeness (QED) is 0.392. The molecular weight excluding hydrogens is 420 g/mol. The van der Waals surface area contributed by atoms with Gasteiger partial charge in [0.1, 0.15) is 6.10 Å². The molecular formula is C31H48O3. The van der Waals surface area contributed by atoms with Crippen LogP contribution in [-0.2, 0) is 14.3 Å². The van der Waals surface area contributed by atoms with Crippen molar-refractivity contribution in [3.8, 4) is 0 Å². The molecule has 0 amide bonds. The van der Waals surface area contributed by atoms with Crippen molar-refractivity contribution >= 4 is 11.8 Å². The Hall–Kier alpha value is -1.12. The maximum Gasteiger partial charge on any atom is 0.309 e. The molecule has 5 aliphatic rings. The second-order valence-electron chi connectivity index (χ2n) is 13.3. The first-order chi connectivity index (χ1) is 16.3. The van der Waals surface area contributed by atoms with Gasteiger partial charge in [0.25, 0.3) is 0 Å². The molecule has 0 heterocycles. The molecule has 0 N–H and O–H groups in total. The van der Waals surface area contributed by atoms with Gasteiger partial charge in [-0.25, -0.2) is 0 Å². The van der Waals surface area contributed by atoms with E-state index < -0.39 is 0 Å². The maximum atomic E-state index is 13.3. The van der Waals surface area contributed by atoms with E-state index in [4.69, 9.17) is 4.74 Å². The van der Waals surface area contributed by atoms with Crippen LogP contribution in [0.1, 0.15) is 111 Å². The van der Waals surface area contributed by atoms with E-state index in [1.807, 2.05) is 6.08 Å². The second kappa shape index (κ2) is 9.74. The first kappa shape index (κ1) is 24.6. The van der Waals surface area contributed by atoms with Gasteiger partial charge in [0.2, 0.25) is 0 Å². The van der Waals surface area contributed by atoms with Crippen LogP contribution in [0.3, 0.4) is 0 Å². The van der Waals surface area contributed by atoms with Gasteiger partial charge in [-0.15, -0.1) is 0 Å². The highest BCUT2D eigenvalue weighted by molar-refractivity contribution is 5.91. The molecule has 0 saturated heterocycles. The number of fused-ring (bicyclic) bond motifs is 5. The molecule has 4 unspecified atom stereocenters. The third kappa shape index (κ3) is 4.32. The minimum absolute atomic E-state index is 0.100. The SMILES string of the molecule is CCCCC1CCC(C(=O)O[C@H]2CCC3C4C(C5CCC(=O)C=C5C[C@H]4C)[C@@H](C)C[C@@]32C)CC1.